The molecule has 4 amide bonds. The average Bonchev–Trinajstić information content (AvgIpc) is 3.87. The number of aromatic nitrogens is 9. The van der Waals surface area contributed by atoms with Crippen LogP contribution < -0.4 is 20.9 Å². The summed E-state index contributed by atoms with van der Waals surface area (Å²) in [5.74, 6) is 2.87. The van der Waals surface area contributed by atoms with Crippen LogP contribution in [-0.4, -0.2) is 163 Å². The number of nitrogens with two attached hydrogens (primary N) is 1. The molecule has 1 spiro atoms. The van der Waals surface area contributed by atoms with Gasteiger partial charge in [0.1, 0.15) is 35.3 Å². The number of piperidine rings is 2. The lowest BCUT2D eigenvalue weighted by atomic mass is 9.72. The van der Waals surface area contributed by atoms with Crippen LogP contribution in [0.15, 0.2) is 35.4 Å². The standard InChI is InChI=1S/C26H31N9O3.C25H34FN7O3/c1-4-37-26(36)34-9-7-15(8-10-34)17-11-28-24(29-12-17)18-21(33-38-22(18)16-5-6-16)20-19-23(27)30-13-31-25(19)35(32-20)14(2)3;1-27-24(36)33(8-3-11-34)23-19-4-5-20(21(26)22(19)29(2)28-23)32-15-25(16-32)13-31(14-25)12-18-6-9-30(17-35)10-7-18/h11-16H,4-10H2,1-3H3,(H2,27,30,31);4-5,11,17-18H,3,6-10,12-16H2,1-2H3,(H,27,36). The van der Waals surface area contributed by atoms with E-state index in [2.05, 4.69) is 35.3 Å². The van der Waals surface area contributed by atoms with Gasteiger partial charge in [-0.1, -0.05) is 5.16 Å². The zero-order valence-corrected chi connectivity index (χ0v) is 42.7. The van der Waals surface area contributed by atoms with E-state index in [1.807, 2.05) is 48.8 Å². The fourth-order valence-corrected chi connectivity index (χ4v) is 11.2. The first-order valence-electron chi connectivity index (χ1n) is 25.8. The largest absolute Gasteiger partial charge is 0.450 e. The number of ether oxygens (including phenoxy) is 1. The molecule has 74 heavy (non-hydrogen) atoms. The van der Waals surface area contributed by atoms with Crippen molar-refractivity contribution in [1.82, 2.24) is 64.7 Å². The highest BCUT2D eigenvalue weighted by atomic mass is 19.1. The van der Waals surface area contributed by atoms with Gasteiger partial charge in [-0.2, -0.15) is 10.2 Å². The molecule has 22 nitrogen and oxygen atoms in total. The maximum absolute atomic E-state index is 15.7. The van der Waals surface area contributed by atoms with Crippen molar-refractivity contribution in [2.24, 2.45) is 18.4 Å². The molecular weight excluding hydrogens is 952 g/mol. The number of nitrogen functional groups attached to an aromatic ring is 1. The summed E-state index contributed by atoms with van der Waals surface area (Å²) in [5, 5.41) is 17.5. The SMILES string of the molecule is CCOC(=O)N1CCC(c2cnc(-c3c(-c4nn(C(C)C)c5ncnc(N)c45)noc3C3CC3)nc2)CC1.CNC(=O)N(CCC=O)c1nn(C)c2c(F)c(N3CC4(CN(CC5CCN(C=O)CC5)C4)C3)ccc12. The molecule has 5 aromatic heterocycles. The Morgan fingerprint density at radius 3 is 2.34 bits per heavy atom. The molecule has 0 bridgehead atoms. The molecular formula is C51H65FN16O6. The van der Waals surface area contributed by atoms with Crippen molar-refractivity contribution >= 4 is 64.1 Å². The van der Waals surface area contributed by atoms with Gasteiger partial charge in [-0.25, -0.2) is 38.6 Å². The van der Waals surface area contributed by atoms with Crippen molar-refractivity contribution in [1.29, 1.82) is 0 Å². The van der Waals surface area contributed by atoms with Crippen LogP contribution in [-0.2, 0) is 21.4 Å². The number of urea groups is 1. The summed E-state index contributed by atoms with van der Waals surface area (Å²) >= 11 is 0. The summed E-state index contributed by atoms with van der Waals surface area (Å²) in [7, 11) is 3.18. The van der Waals surface area contributed by atoms with E-state index in [0.29, 0.717) is 82.1 Å². The van der Waals surface area contributed by atoms with Gasteiger partial charge in [0.15, 0.2) is 28.9 Å². The molecule has 23 heteroatoms. The summed E-state index contributed by atoms with van der Waals surface area (Å²) in [6.07, 6.45) is 12.7. The maximum Gasteiger partial charge on any atom is 0.409 e. The van der Waals surface area contributed by atoms with Crippen LogP contribution in [0.4, 0.5) is 31.3 Å². The Bertz CT molecular complexity index is 3010. The van der Waals surface area contributed by atoms with Gasteiger partial charge in [-0.05, 0) is 88.8 Å². The molecule has 0 unspecified atom stereocenters. The first-order valence-corrected chi connectivity index (χ1v) is 25.8. The van der Waals surface area contributed by atoms with Crippen LogP contribution in [0.1, 0.15) is 94.9 Å². The summed E-state index contributed by atoms with van der Waals surface area (Å²) in [5.41, 5.74) is 11.0. The Morgan fingerprint density at radius 2 is 1.69 bits per heavy atom. The van der Waals surface area contributed by atoms with Crippen LogP contribution >= 0.6 is 0 Å². The van der Waals surface area contributed by atoms with E-state index >= 15 is 4.39 Å². The average molecular weight is 1020 g/mol. The number of fused-ring (bicyclic) bond motifs is 2. The van der Waals surface area contributed by atoms with Crippen LogP contribution in [0.3, 0.4) is 0 Å². The van der Waals surface area contributed by atoms with Gasteiger partial charge in [0, 0.05) is 121 Å². The van der Waals surface area contributed by atoms with E-state index in [1.54, 1.807) is 18.0 Å². The summed E-state index contributed by atoms with van der Waals surface area (Å²) in [6.45, 7) is 14.3. The van der Waals surface area contributed by atoms with Crippen LogP contribution in [0.25, 0.3) is 44.7 Å². The third-order valence-corrected chi connectivity index (χ3v) is 15.2. The molecule has 4 aliphatic heterocycles. The number of carbonyl (C=O) groups is 4. The topological polar surface area (TPSA) is 245 Å². The number of hydrogen-bond donors (Lipinski definition) is 2. The summed E-state index contributed by atoms with van der Waals surface area (Å²) in [6, 6.07) is 3.25. The van der Waals surface area contributed by atoms with E-state index in [4.69, 9.17) is 30.1 Å². The number of amides is 4. The third-order valence-electron chi connectivity index (χ3n) is 15.2. The second-order valence-corrected chi connectivity index (χ2v) is 20.7. The lowest BCUT2D eigenvalue weighted by Gasteiger charge is -2.61. The lowest BCUT2D eigenvalue weighted by molar-refractivity contribution is -0.119. The minimum Gasteiger partial charge on any atom is -0.450 e. The number of benzene rings is 1. The minimum absolute atomic E-state index is 0.0598. The molecule has 11 rings (SSSR count). The monoisotopic (exact) mass is 1020 g/mol. The zero-order valence-electron chi connectivity index (χ0n) is 42.7. The number of nitrogens with one attached hydrogen (secondary N) is 1. The van der Waals surface area contributed by atoms with Crippen LogP contribution in [0, 0.1) is 17.2 Å². The highest BCUT2D eigenvalue weighted by Crippen LogP contribution is 2.48. The molecule has 1 aliphatic carbocycles. The van der Waals surface area contributed by atoms with Crippen LogP contribution in [0.2, 0.25) is 0 Å². The van der Waals surface area contributed by atoms with E-state index in [1.165, 1.54) is 23.0 Å². The van der Waals surface area contributed by atoms with Gasteiger partial charge in [-0.3, -0.25) is 14.4 Å². The number of aryl methyl sites for hydroxylation is 1. The molecule has 4 saturated heterocycles. The number of likely N-dealkylation sites (tertiary alicyclic amines) is 3. The molecule has 1 saturated carbocycles. The first-order chi connectivity index (χ1) is 35.8. The summed E-state index contributed by atoms with van der Waals surface area (Å²) in [4.78, 5) is 74.0. The number of nitrogens with zero attached hydrogens (tertiary/aromatic N) is 14. The van der Waals surface area contributed by atoms with E-state index in [0.717, 1.165) is 114 Å². The van der Waals surface area contributed by atoms with Gasteiger partial charge >= 0.3 is 12.1 Å². The van der Waals surface area contributed by atoms with Crippen molar-refractivity contribution in [3.05, 3.63) is 48.0 Å². The Balaban J connectivity index is 0.000000170. The molecule has 0 radical (unpaired) electrons. The molecule has 392 valence electrons. The Labute approximate surface area is 427 Å². The van der Waals surface area contributed by atoms with Gasteiger partial charge in [-0.15, -0.1) is 0 Å². The third kappa shape index (κ3) is 9.68. The molecule has 6 aromatic rings. The molecule has 3 N–H and O–H groups in total. The Kier molecular flexibility index (Phi) is 14.2. The number of carbonyl (C=O) groups excluding carboxylic acids is 4. The van der Waals surface area contributed by atoms with Crippen molar-refractivity contribution in [2.45, 2.75) is 83.6 Å². The van der Waals surface area contributed by atoms with Crippen molar-refractivity contribution in [3.8, 4) is 22.8 Å². The van der Waals surface area contributed by atoms with Crippen molar-refractivity contribution in [3.63, 3.8) is 0 Å². The normalized spacial score (nSPS) is 18.1. The highest BCUT2D eigenvalue weighted by molar-refractivity contribution is 6.02. The van der Waals surface area contributed by atoms with Gasteiger partial charge in [0.25, 0.3) is 0 Å². The molecule has 0 atom stereocenters. The Morgan fingerprint density at radius 1 is 0.959 bits per heavy atom. The first kappa shape index (κ1) is 50.2. The quantitative estimate of drug-likeness (QED) is 0.123. The lowest BCUT2D eigenvalue weighted by Crippen LogP contribution is -2.72. The zero-order chi connectivity index (χ0) is 51.8. The van der Waals surface area contributed by atoms with Gasteiger partial charge in [0.2, 0.25) is 6.41 Å². The maximum atomic E-state index is 15.7. The van der Waals surface area contributed by atoms with Crippen molar-refractivity contribution < 1.29 is 32.8 Å². The second kappa shape index (κ2) is 20.9. The smallest absolute Gasteiger partial charge is 0.409 e. The molecule has 1 aromatic carbocycles. The number of anilines is 3. The van der Waals surface area contributed by atoms with E-state index in [9.17, 15) is 19.2 Å². The second-order valence-electron chi connectivity index (χ2n) is 20.7. The fourth-order valence-electron chi connectivity index (χ4n) is 11.2. The molecule has 5 aliphatic rings. The van der Waals surface area contributed by atoms with Gasteiger partial charge in [0.05, 0.1) is 23.2 Å². The predicted molar refractivity (Wildman–Crippen MR) is 274 cm³/mol. The highest BCUT2D eigenvalue weighted by Gasteiger charge is 2.52. The fraction of sp³-hybridized carbons (Fsp3) is 0.549. The Hall–Kier alpha value is -7.30. The van der Waals surface area contributed by atoms with E-state index < -0.39 is 6.03 Å². The predicted octanol–water partition coefficient (Wildman–Crippen LogP) is 5.75. The van der Waals surface area contributed by atoms with Crippen molar-refractivity contribution in [2.75, 3.05) is 94.6 Å². The molecule has 9 heterocycles. The number of aldehydes is 1. The molecule has 5 fully saturated rings. The summed E-state index contributed by atoms with van der Waals surface area (Å²) < 4.78 is 30.0. The number of halogens is 1. The van der Waals surface area contributed by atoms with Crippen LogP contribution in [0.5, 0.6) is 0 Å². The number of hydrogen-bond acceptors (Lipinski definition) is 16. The van der Waals surface area contributed by atoms with Gasteiger partial charge < -0.3 is 44.7 Å². The minimum atomic E-state index is -0.394. The van der Waals surface area contributed by atoms with E-state index in [-0.39, 0.29) is 48.2 Å². The number of rotatable bonds is 14.